The Bertz CT molecular complexity index is 1020. The number of ether oxygens (including phenoxy) is 2. The van der Waals surface area contributed by atoms with E-state index < -0.39 is 0 Å². The van der Waals surface area contributed by atoms with Gasteiger partial charge in [-0.05, 0) is 54.4 Å². The number of para-hydroxylation sites is 1. The van der Waals surface area contributed by atoms with E-state index in [-0.39, 0.29) is 12.5 Å². The predicted molar refractivity (Wildman–Crippen MR) is 116 cm³/mol. The van der Waals surface area contributed by atoms with Gasteiger partial charge in [0.2, 0.25) is 0 Å². The van der Waals surface area contributed by atoms with Gasteiger partial charge in [-0.2, -0.15) is 0 Å². The molecule has 0 heterocycles. The molecule has 0 radical (unpaired) electrons. The van der Waals surface area contributed by atoms with Crippen molar-refractivity contribution in [1.82, 2.24) is 5.32 Å². The molecular weight excluding hydrogens is 409 g/mol. The zero-order valence-electron chi connectivity index (χ0n) is 16.2. The first-order valence-electron chi connectivity index (χ1n) is 9.05. The molecule has 0 fully saturated rings. The first-order chi connectivity index (χ1) is 14.0. The molecule has 6 heteroatoms. The number of halogens is 2. The Balaban J connectivity index is 1.71. The van der Waals surface area contributed by atoms with E-state index >= 15 is 0 Å². The van der Waals surface area contributed by atoms with Crippen molar-refractivity contribution in [3.8, 4) is 11.5 Å². The molecule has 0 aliphatic heterocycles. The maximum absolute atomic E-state index is 12.6. The van der Waals surface area contributed by atoms with Gasteiger partial charge in [0, 0.05) is 27.7 Å². The number of hydrogen-bond donors (Lipinski definition) is 1. The molecule has 3 aromatic carbocycles. The topological polar surface area (TPSA) is 47.6 Å². The van der Waals surface area contributed by atoms with Gasteiger partial charge < -0.3 is 14.8 Å². The Morgan fingerprint density at radius 3 is 2.48 bits per heavy atom. The van der Waals surface area contributed by atoms with Crippen molar-refractivity contribution < 1.29 is 14.3 Å². The third-order valence-corrected chi connectivity index (χ3v) is 5.06. The molecule has 0 unspecified atom stereocenters. The third-order valence-electron chi connectivity index (χ3n) is 4.47. The molecule has 0 spiro atoms. The van der Waals surface area contributed by atoms with E-state index in [0.717, 1.165) is 22.4 Å². The van der Waals surface area contributed by atoms with Crippen LogP contribution in [-0.2, 0) is 13.2 Å². The van der Waals surface area contributed by atoms with Crippen LogP contribution in [0.4, 0.5) is 0 Å². The Morgan fingerprint density at radius 2 is 1.76 bits per heavy atom. The van der Waals surface area contributed by atoms with Crippen LogP contribution in [0, 0.1) is 6.92 Å². The zero-order chi connectivity index (χ0) is 20.8. The highest BCUT2D eigenvalue weighted by Crippen LogP contribution is 2.24. The lowest BCUT2D eigenvalue weighted by Gasteiger charge is -2.13. The molecule has 0 aromatic heterocycles. The van der Waals surface area contributed by atoms with Crippen molar-refractivity contribution in [1.29, 1.82) is 0 Å². The standard InChI is InChI=1S/C23H21Cl2NO3/c1-15-5-3-4-6-21(15)29-14-18-11-16(8-10-22(18)28-2)23(27)26-13-17-7-9-19(24)12-20(17)25/h3-12H,13-14H2,1-2H3,(H,26,27). The molecule has 1 amide bonds. The Morgan fingerprint density at radius 1 is 0.966 bits per heavy atom. The summed E-state index contributed by atoms with van der Waals surface area (Å²) in [5.74, 6) is 1.24. The fourth-order valence-corrected chi connectivity index (χ4v) is 3.32. The number of amides is 1. The maximum Gasteiger partial charge on any atom is 0.251 e. The van der Waals surface area contributed by atoms with Gasteiger partial charge in [0.1, 0.15) is 18.1 Å². The van der Waals surface area contributed by atoms with Gasteiger partial charge in [0.05, 0.1) is 7.11 Å². The highest BCUT2D eigenvalue weighted by Gasteiger charge is 2.12. The summed E-state index contributed by atoms with van der Waals surface area (Å²) in [7, 11) is 1.59. The first kappa shape index (κ1) is 21.0. The number of aryl methyl sites for hydroxylation is 1. The van der Waals surface area contributed by atoms with Crippen molar-refractivity contribution >= 4 is 29.1 Å². The minimum atomic E-state index is -0.212. The third kappa shape index (κ3) is 5.43. The molecule has 0 aliphatic rings. The van der Waals surface area contributed by atoms with Crippen LogP contribution in [0.2, 0.25) is 10.0 Å². The van der Waals surface area contributed by atoms with Gasteiger partial charge >= 0.3 is 0 Å². The fraction of sp³-hybridized carbons (Fsp3) is 0.174. The highest BCUT2D eigenvalue weighted by molar-refractivity contribution is 6.35. The van der Waals surface area contributed by atoms with E-state index in [2.05, 4.69) is 5.32 Å². The average molecular weight is 430 g/mol. The minimum Gasteiger partial charge on any atom is -0.496 e. The summed E-state index contributed by atoms with van der Waals surface area (Å²) in [5, 5.41) is 3.94. The second kappa shape index (κ2) is 9.68. The number of rotatable bonds is 7. The van der Waals surface area contributed by atoms with Crippen molar-refractivity contribution in [2.45, 2.75) is 20.1 Å². The van der Waals surface area contributed by atoms with Gasteiger partial charge in [0.25, 0.3) is 5.91 Å². The van der Waals surface area contributed by atoms with E-state index in [9.17, 15) is 4.79 Å². The summed E-state index contributed by atoms with van der Waals surface area (Å²) in [6.45, 7) is 2.58. The Labute approximate surface area is 180 Å². The van der Waals surface area contributed by atoms with Gasteiger partial charge in [-0.25, -0.2) is 0 Å². The Kier molecular flexibility index (Phi) is 7.02. The molecule has 150 valence electrons. The average Bonchev–Trinajstić information content (AvgIpc) is 2.72. The van der Waals surface area contributed by atoms with Gasteiger partial charge in [-0.3, -0.25) is 4.79 Å². The summed E-state index contributed by atoms with van der Waals surface area (Å²) in [4.78, 5) is 12.6. The van der Waals surface area contributed by atoms with E-state index in [0.29, 0.717) is 27.9 Å². The van der Waals surface area contributed by atoms with E-state index in [1.165, 1.54) is 0 Å². The molecule has 0 bridgehead atoms. The molecule has 1 N–H and O–H groups in total. The largest absolute Gasteiger partial charge is 0.496 e. The van der Waals surface area contributed by atoms with Crippen LogP contribution in [0.3, 0.4) is 0 Å². The monoisotopic (exact) mass is 429 g/mol. The highest BCUT2D eigenvalue weighted by atomic mass is 35.5. The molecule has 3 aromatic rings. The van der Waals surface area contributed by atoms with Gasteiger partial charge in [-0.15, -0.1) is 0 Å². The van der Waals surface area contributed by atoms with Crippen LogP contribution < -0.4 is 14.8 Å². The second-order valence-corrected chi connectivity index (χ2v) is 7.34. The number of benzene rings is 3. The number of carbonyl (C=O) groups excluding carboxylic acids is 1. The molecule has 0 saturated heterocycles. The minimum absolute atomic E-state index is 0.212. The Hall–Kier alpha value is -2.69. The lowest BCUT2D eigenvalue weighted by atomic mass is 10.1. The van der Waals surface area contributed by atoms with Crippen LogP contribution in [0.15, 0.2) is 60.7 Å². The summed E-state index contributed by atoms with van der Waals surface area (Å²) >= 11 is 12.1. The van der Waals surface area contributed by atoms with Crippen LogP contribution >= 0.6 is 23.2 Å². The van der Waals surface area contributed by atoms with Crippen LogP contribution in [0.5, 0.6) is 11.5 Å². The van der Waals surface area contributed by atoms with E-state index in [4.69, 9.17) is 32.7 Å². The summed E-state index contributed by atoms with van der Waals surface area (Å²) in [6, 6.07) is 18.2. The summed E-state index contributed by atoms with van der Waals surface area (Å²) in [6.07, 6.45) is 0. The quantitative estimate of drug-likeness (QED) is 0.514. The lowest BCUT2D eigenvalue weighted by Crippen LogP contribution is -2.23. The number of methoxy groups -OCH3 is 1. The van der Waals surface area contributed by atoms with Crippen LogP contribution in [0.25, 0.3) is 0 Å². The zero-order valence-corrected chi connectivity index (χ0v) is 17.7. The van der Waals surface area contributed by atoms with Crippen LogP contribution in [-0.4, -0.2) is 13.0 Å². The summed E-state index contributed by atoms with van der Waals surface area (Å²) < 4.78 is 11.3. The van der Waals surface area contributed by atoms with E-state index in [1.54, 1.807) is 43.5 Å². The lowest BCUT2D eigenvalue weighted by molar-refractivity contribution is 0.0950. The number of carbonyl (C=O) groups is 1. The number of nitrogens with one attached hydrogen (secondary N) is 1. The molecule has 4 nitrogen and oxygen atoms in total. The van der Waals surface area contributed by atoms with Crippen molar-refractivity contribution in [3.63, 3.8) is 0 Å². The number of hydrogen-bond acceptors (Lipinski definition) is 3. The van der Waals surface area contributed by atoms with Crippen LogP contribution in [0.1, 0.15) is 27.0 Å². The molecular formula is C23H21Cl2NO3. The SMILES string of the molecule is COc1ccc(C(=O)NCc2ccc(Cl)cc2Cl)cc1COc1ccccc1C. The van der Waals surface area contributed by atoms with Crippen molar-refractivity contribution in [3.05, 3.63) is 93.0 Å². The molecule has 3 rings (SSSR count). The smallest absolute Gasteiger partial charge is 0.251 e. The maximum atomic E-state index is 12.6. The van der Waals surface area contributed by atoms with Gasteiger partial charge in [0.15, 0.2) is 0 Å². The normalized spacial score (nSPS) is 10.5. The second-order valence-electron chi connectivity index (χ2n) is 6.50. The fourth-order valence-electron chi connectivity index (χ4n) is 2.85. The first-order valence-corrected chi connectivity index (χ1v) is 9.81. The molecule has 0 aliphatic carbocycles. The van der Waals surface area contributed by atoms with Crippen molar-refractivity contribution in [2.24, 2.45) is 0 Å². The molecule has 0 saturated carbocycles. The molecule has 0 atom stereocenters. The van der Waals surface area contributed by atoms with E-state index in [1.807, 2.05) is 31.2 Å². The predicted octanol–water partition coefficient (Wildman–Crippen LogP) is 5.82. The van der Waals surface area contributed by atoms with Crippen molar-refractivity contribution in [2.75, 3.05) is 7.11 Å². The molecule has 29 heavy (non-hydrogen) atoms. The van der Waals surface area contributed by atoms with Gasteiger partial charge in [-0.1, -0.05) is 47.5 Å². The summed E-state index contributed by atoms with van der Waals surface area (Å²) in [5.41, 5.74) is 3.13.